The molecule has 0 aromatic carbocycles. The molecule has 0 radical (unpaired) electrons. The van der Waals surface area contributed by atoms with E-state index in [0.29, 0.717) is 23.4 Å². The molecule has 0 aliphatic rings. The summed E-state index contributed by atoms with van der Waals surface area (Å²) in [5, 5.41) is 12.8. The molecule has 0 fully saturated rings. The van der Waals surface area contributed by atoms with Gasteiger partial charge in [0.2, 0.25) is 5.89 Å². The Morgan fingerprint density at radius 1 is 1.50 bits per heavy atom. The number of rotatable bonds is 6. The lowest BCUT2D eigenvalue weighted by atomic mass is 10.1. The van der Waals surface area contributed by atoms with Gasteiger partial charge in [-0.05, 0) is 18.1 Å². The third kappa shape index (κ3) is 4.06. The summed E-state index contributed by atoms with van der Waals surface area (Å²) >= 11 is 1.44. The molecule has 2 aromatic rings. The third-order valence-electron chi connectivity index (χ3n) is 2.41. The third-order valence-corrected chi connectivity index (χ3v) is 3.39. The first-order chi connectivity index (χ1) is 9.54. The Labute approximate surface area is 120 Å². The van der Waals surface area contributed by atoms with Crippen LogP contribution in [0.3, 0.4) is 0 Å². The smallest absolute Gasteiger partial charge is 0.354 e. The van der Waals surface area contributed by atoms with Gasteiger partial charge in [0.15, 0.2) is 5.82 Å². The summed E-state index contributed by atoms with van der Waals surface area (Å²) in [5.41, 5.74) is 0.0287. The Kier molecular flexibility index (Phi) is 4.73. The van der Waals surface area contributed by atoms with E-state index in [9.17, 15) is 4.79 Å². The predicted molar refractivity (Wildman–Crippen MR) is 73.6 cm³/mol. The quantitative estimate of drug-likeness (QED) is 0.819. The number of hydrogen-bond acceptors (Lipinski definition) is 6. The minimum absolute atomic E-state index is 0.0287. The highest BCUT2D eigenvalue weighted by Gasteiger charge is 2.10. The van der Waals surface area contributed by atoms with Crippen molar-refractivity contribution in [1.82, 2.24) is 15.1 Å². The summed E-state index contributed by atoms with van der Waals surface area (Å²) in [6, 6.07) is 3.28. The molecule has 106 valence electrons. The van der Waals surface area contributed by atoms with Gasteiger partial charge in [-0.15, -0.1) is 11.8 Å². The lowest BCUT2D eigenvalue weighted by molar-refractivity contribution is 0.0690. The summed E-state index contributed by atoms with van der Waals surface area (Å²) in [6.45, 7) is 4.18. The minimum atomic E-state index is -1.04. The van der Waals surface area contributed by atoms with Crippen molar-refractivity contribution in [3.8, 4) is 0 Å². The number of aromatic carboxylic acids is 1. The van der Waals surface area contributed by atoms with Crippen LogP contribution < -0.4 is 0 Å². The fourth-order valence-electron chi connectivity index (χ4n) is 1.56. The standard InChI is InChI=1S/C13H15N3O3S/c1-8(2)5-11-15-12(19-16-11)7-20-9-3-4-14-10(6-9)13(17)18/h3-4,6,8H,5,7H2,1-2H3,(H,17,18). The van der Waals surface area contributed by atoms with Crippen LogP contribution in [0.25, 0.3) is 0 Å². The van der Waals surface area contributed by atoms with Crippen molar-refractivity contribution in [2.75, 3.05) is 0 Å². The molecule has 0 saturated carbocycles. The summed E-state index contributed by atoms with van der Waals surface area (Å²) in [5.74, 6) is 1.19. The van der Waals surface area contributed by atoms with Crippen LogP contribution in [0, 0.1) is 5.92 Å². The van der Waals surface area contributed by atoms with Gasteiger partial charge in [0.1, 0.15) is 5.69 Å². The average molecular weight is 293 g/mol. The van der Waals surface area contributed by atoms with E-state index in [1.54, 1.807) is 6.07 Å². The van der Waals surface area contributed by atoms with Crippen molar-refractivity contribution < 1.29 is 14.4 Å². The monoisotopic (exact) mass is 293 g/mol. The topological polar surface area (TPSA) is 89.1 Å². The van der Waals surface area contributed by atoms with Gasteiger partial charge < -0.3 is 9.63 Å². The molecule has 0 aliphatic carbocycles. The fourth-order valence-corrected chi connectivity index (χ4v) is 2.32. The van der Waals surface area contributed by atoms with Crippen molar-refractivity contribution in [3.63, 3.8) is 0 Å². The maximum Gasteiger partial charge on any atom is 0.354 e. The van der Waals surface area contributed by atoms with E-state index in [-0.39, 0.29) is 5.69 Å². The highest BCUT2D eigenvalue weighted by Crippen LogP contribution is 2.22. The van der Waals surface area contributed by atoms with Crippen LogP contribution in [-0.2, 0) is 12.2 Å². The maximum atomic E-state index is 10.8. The molecule has 2 aromatic heterocycles. The normalized spacial score (nSPS) is 10.9. The number of thioether (sulfide) groups is 1. The molecular formula is C13H15N3O3S. The van der Waals surface area contributed by atoms with E-state index >= 15 is 0 Å². The number of nitrogens with zero attached hydrogens (tertiary/aromatic N) is 3. The minimum Gasteiger partial charge on any atom is -0.477 e. The molecule has 2 rings (SSSR count). The van der Waals surface area contributed by atoms with Gasteiger partial charge in [0.25, 0.3) is 0 Å². The van der Waals surface area contributed by atoms with E-state index in [1.807, 2.05) is 0 Å². The van der Waals surface area contributed by atoms with E-state index < -0.39 is 5.97 Å². The largest absolute Gasteiger partial charge is 0.477 e. The van der Waals surface area contributed by atoms with E-state index in [2.05, 4.69) is 29.0 Å². The van der Waals surface area contributed by atoms with Gasteiger partial charge in [-0.3, -0.25) is 0 Å². The molecule has 0 unspecified atom stereocenters. The predicted octanol–water partition coefficient (Wildman–Crippen LogP) is 2.65. The second-order valence-corrected chi connectivity index (χ2v) is 5.72. The van der Waals surface area contributed by atoms with Crippen LogP contribution in [-0.4, -0.2) is 26.2 Å². The van der Waals surface area contributed by atoms with Crippen molar-refractivity contribution in [2.24, 2.45) is 5.92 Å². The molecule has 7 heteroatoms. The second kappa shape index (κ2) is 6.51. The Balaban J connectivity index is 1.96. The molecular weight excluding hydrogens is 278 g/mol. The van der Waals surface area contributed by atoms with Crippen LogP contribution in [0.2, 0.25) is 0 Å². The molecule has 0 bridgehead atoms. The fraction of sp³-hybridized carbons (Fsp3) is 0.385. The number of pyridine rings is 1. The Bertz CT molecular complexity index is 598. The summed E-state index contributed by atoms with van der Waals surface area (Å²) in [7, 11) is 0. The van der Waals surface area contributed by atoms with Crippen LogP contribution in [0.5, 0.6) is 0 Å². The first-order valence-electron chi connectivity index (χ1n) is 6.18. The van der Waals surface area contributed by atoms with Crippen LogP contribution in [0.1, 0.15) is 36.1 Å². The lowest BCUT2D eigenvalue weighted by Crippen LogP contribution is -1.99. The summed E-state index contributed by atoms with van der Waals surface area (Å²) < 4.78 is 5.15. The second-order valence-electron chi connectivity index (χ2n) is 4.67. The molecule has 0 atom stereocenters. The van der Waals surface area contributed by atoms with Gasteiger partial charge in [-0.1, -0.05) is 19.0 Å². The average Bonchev–Trinajstić information content (AvgIpc) is 2.83. The Morgan fingerprint density at radius 2 is 2.30 bits per heavy atom. The Hall–Kier alpha value is -1.89. The van der Waals surface area contributed by atoms with Crippen molar-refractivity contribution in [2.45, 2.75) is 30.9 Å². The van der Waals surface area contributed by atoms with Crippen LogP contribution >= 0.6 is 11.8 Å². The molecule has 1 N–H and O–H groups in total. The zero-order valence-corrected chi connectivity index (χ0v) is 12.1. The first kappa shape index (κ1) is 14.5. The molecule has 0 aliphatic heterocycles. The Morgan fingerprint density at radius 3 is 3.00 bits per heavy atom. The van der Waals surface area contributed by atoms with E-state index in [0.717, 1.165) is 11.3 Å². The highest BCUT2D eigenvalue weighted by atomic mass is 32.2. The molecule has 0 saturated heterocycles. The first-order valence-corrected chi connectivity index (χ1v) is 7.16. The number of carboxylic acids is 1. The number of carboxylic acid groups (broad SMARTS) is 1. The summed E-state index contributed by atoms with van der Waals surface area (Å²) in [6.07, 6.45) is 2.26. The van der Waals surface area contributed by atoms with Crippen molar-refractivity contribution in [3.05, 3.63) is 35.7 Å². The van der Waals surface area contributed by atoms with Gasteiger partial charge >= 0.3 is 5.97 Å². The van der Waals surface area contributed by atoms with Gasteiger partial charge in [-0.25, -0.2) is 9.78 Å². The zero-order chi connectivity index (χ0) is 14.5. The maximum absolute atomic E-state index is 10.8. The highest BCUT2D eigenvalue weighted by molar-refractivity contribution is 7.98. The zero-order valence-electron chi connectivity index (χ0n) is 11.2. The molecule has 20 heavy (non-hydrogen) atoms. The number of carbonyl (C=O) groups is 1. The van der Waals surface area contributed by atoms with E-state index in [1.165, 1.54) is 24.0 Å². The van der Waals surface area contributed by atoms with Crippen molar-refractivity contribution >= 4 is 17.7 Å². The molecule has 0 amide bonds. The van der Waals surface area contributed by atoms with Crippen LogP contribution in [0.15, 0.2) is 27.7 Å². The number of hydrogen-bond donors (Lipinski definition) is 1. The van der Waals surface area contributed by atoms with E-state index in [4.69, 9.17) is 9.63 Å². The van der Waals surface area contributed by atoms with Gasteiger partial charge in [0.05, 0.1) is 5.75 Å². The van der Waals surface area contributed by atoms with Gasteiger partial charge in [0, 0.05) is 17.5 Å². The van der Waals surface area contributed by atoms with Crippen molar-refractivity contribution in [1.29, 1.82) is 0 Å². The number of aromatic nitrogens is 3. The van der Waals surface area contributed by atoms with Gasteiger partial charge in [-0.2, -0.15) is 4.98 Å². The molecule has 6 nitrogen and oxygen atoms in total. The summed E-state index contributed by atoms with van der Waals surface area (Å²) in [4.78, 5) is 19.7. The molecule has 0 spiro atoms. The molecule has 2 heterocycles. The van der Waals surface area contributed by atoms with Crippen LogP contribution in [0.4, 0.5) is 0 Å². The lowest BCUT2D eigenvalue weighted by Gasteiger charge is -1.99. The SMILES string of the molecule is CC(C)Cc1noc(CSc2ccnc(C(=O)O)c2)n1.